The molecule has 0 spiro atoms. The number of aromatic hydroxyl groups is 1. The number of amides is 1. The number of fused-ring (bicyclic) bond motifs is 3. The van der Waals surface area contributed by atoms with Gasteiger partial charge in [0.05, 0.1) is 29.5 Å². The third kappa shape index (κ3) is 2.46. The van der Waals surface area contributed by atoms with Gasteiger partial charge in [0.15, 0.2) is 11.4 Å². The summed E-state index contributed by atoms with van der Waals surface area (Å²) in [6.45, 7) is 3.71. The van der Waals surface area contributed by atoms with Crippen LogP contribution in [0.5, 0.6) is 5.75 Å². The highest BCUT2D eigenvalue weighted by Crippen LogP contribution is 2.57. The molecule has 6 atom stereocenters. The summed E-state index contributed by atoms with van der Waals surface area (Å²) in [5.41, 5.74) is -3.81. The molecule has 10 nitrogen and oxygen atoms in total. The minimum Gasteiger partial charge on any atom is -0.508 e. The zero-order chi connectivity index (χ0) is 24.8. The molecule has 0 radical (unpaired) electrons. The number of aliphatic hydroxyl groups is 3. The molecule has 0 bridgehead atoms. The Balaban J connectivity index is 2.08. The number of alkyl halides is 1. The monoisotopic (exact) mass is 460 g/mol. The van der Waals surface area contributed by atoms with Crippen molar-refractivity contribution in [2.75, 3.05) is 14.1 Å². The van der Waals surface area contributed by atoms with Gasteiger partial charge < -0.3 is 26.2 Å². The van der Waals surface area contributed by atoms with Gasteiger partial charge in [0.2, 0.25) is 17.2 Å². The van der Waals surface area contributed by atoms with Crippen LogP contribution in [0.2, 0.25) is 0 Å². The van der Waals surface area contributed by atoms with Crippen LogP contribution >= 0.6 is 0 Å². The van der Waals surface area contributed by atoms with E-state index >= 15 is 4.39 Å². The van der Waals surface area contributed by atoms with Gasteiger partial charge >= 0.3 is 0 Å². The molecule has 4 rings (SSSR count). The fraction of sp³-hybridized carbons (Fsp3) is 0.364. The van der Waals surface area contributed by atoms with E-state index in [4.69, 9.17) is 5.73 Å². The molecule has 1 saturated carbocycles. The third-order valence-electron chi connectivity index (χ3n) is 6.87. The van der Waals surface area contributed by atoms with Crippen molar-refractivity contribution in [1.29, 1.82) is 0 Å². The second-order valence-corrected chi connectivity index (χ2v) is 8.72. The van der Waals surface area contributed by atoms with Crippen LogP contribution in [0.3, 0.4) is 0 Å². The molecular weight excluding hydrogens is 439 g/mol. The van der Waals surface area contributed by atoms with Gasteiger partial charge in [0.25, 0.3) is 5.91 Å². The van der Waals surface area contributed by atoms with E-state index in [0.717, 1.165) is 6.07 Å². The van der Waals surface area contributed by atoms with Crippen molar-refractivity contribution >= 4 is 28.8 Å². The van der Waals surface area contributed by atoms with Crippen molar-refractivity contribution in [3.8, 4) is 5.75 Å². The number of benzene rings is 1. The van der Waals surface area contributed by atoms with E-state index in [-0.39, 0.29) is 11.1 Å². The van der Waals surface area contributed by atoms with Crippen molar-refractivity contribution in [2.45, 2.75) is 23.4 Å². The molecule has 0 aliphatic heterocycles. The van der Waals surface area contributed by atoms with Crippen LogP contribution in [-0.2, 0) is 14.4 Å². The van der Waals surface area contributed by atoms with Gasteiger partial charge in [-0.15, -0.1) is 0 Å². The summed E-state index contributed by atoms with van der Waals surface area (Å²) in [5.74, 6) is -12.1. The first-order valence-electron chi connectivity index (χ1n) is 9.88. The lowest BCUT2D eigenvalue weighted by Gasteiger charge is -2.56. The van der Waals surface area contributed by atoms with Crippen LogP contribution in [0.4, 0.5) is 4.39 Å². The van der Waals surface area contributed by atoms with E-state index in [1.54, 1.807) is 0 Å². The molecule has 1 aromatic carbocycles. The smallest absolute Gasteiger partial charge is 0.255 e. The summed E-state index contributed by atoms with van der Waals surface area (Å²) >= 11 is 0. The number of carbonyl (C=O) groups excluding carboxylic acids is 4. The number of carbonyl (C=O) groups is 4. The fourth-order valence-corrected chi connectivity index (χ4v) is 5.44. The Hall–Kier alpha value is -3.41. The normalized spacial score (nSPS) is 35.9. The molecule has 33 heavy (non-hydrogen) atoms. The maximum atomic E-state index is 16.6. The SMILES string of the molecule is C=C1c2cccc(O)c2C(=O)C2(F)C(=O)[C@]3(O)C(O)=C(C(N)=O)C(=O)[C@@H](N(C)C)[C@@H]3[C@@H](O)C12. The number of hydrogen-bond acceptors (Lipinski definition) is 9. The highest BCUT2D eigenvalue weighted by molar-refractivity contribution is 6.29. The van der Waals surface area contributed by atoms with Crippen LogP contribution in [0.15, 0.2) is 36.1 Å². The maximum Gasteiger partial charge on any atom is 0.255 e. The largest absolute Gasteiger partial charge is 0.508 e. The molecule has 3 aliphatic carbocycles. The van der Waals surface area contributed by atoms with E-state index in [1.807, 2.05) is 0 Å². The summed E-state index contributed by atoms with van der Waals surface area (Å²) in [6, 6.07) is 2.18. The molecule has 6 N–H and O–H groups in total. The molecule has 174 valence electrons. The van der Waals surface area contributed by atoms with Crippen LogP contribution in [0.25, 0.3) is 5.57 Å². The van der Waals surface area contributed by atoms with Crippen LogP contribution in [0.1, 0.15) is 15.9 Å². The van der Waals surface area contributed by atoms with Gasteiger partial charge in [0.1, 0.15) is 17.1 Å². The van der Waals surface area contributed by atoms with Crippen molar-refractivity contribution in [3.63, 3.8) is 0 Å². The highest BCUT2D eigenvalue weighted by Gasteiger charge is 2.76. The quantitative estimate of drug-likeness (QED) is 0.274. The molecule has 0 saturated heterocycles. The minimum atomic E-state index is -3.68. The number of rotatable bonds is 2. The standard InChI is InChI=1S/C22H21FN2O8/c1-7-8-5-4-6-9(26)10(8)17(29)21(23)12(7)16(28)13-14(25(2)3)15(27)11(19(24)31)18(30)22(13,33)20(21)32/h4-6,12-14,16,26,28,30,33H,1H2,2-3H3,(H2,24,31)/t12?,13-,14+,16+,21?,22-/m1/s1. The van der Waals surface area contributed by atoms with E-state index < -0.39 is 81.2 Å². The Bertz CT molecular complexity index is 1210. The van der Waals surface area contributed by atoms with Crippen molar-refractivity contribution in [3.05, 3.63) is 47.2 Å². The molecule has 1 aromatic rings. The molecule has 1 amide bonds. The Labute approximate surface area is 186 Å². The first-order chi connectivity index (χ1) is 15.2. The van der Waals surface area contributed by atoms with Crippen molar-refractivity contribution < 1.29 is 44.0 Å². The molecule has 3 aliphatic rings. The summed E-state index contributed by atoms with van der Waals surface area (Å²) in [5, 5.41) is 43.5. The number of Topliss-reactive ketones (excluding diaryl/α,β-unsaturated/α-hetero) is 3. The summed E-state index contributed by atoms with van der Waals surface area (Å²) in [7, 11) is 2.68. The number of likely N-dealkylation sites (N-methyl/N-ethyl adjacent to an activating group) is 1. The Kier molecular flexibility index (Phi) is 4.69. The summed E-state index contributed by atoms with van der Waals surface area (Å²) in [4.78, 5) is 52.8. The average molecular weight is 460 g/mol. The predicted octanol–water partition coefficient (Wildman–Crippen LogP) is -0.973. The molecular formula is C22H21FN2O8. The van der Waals surface area contributed by atoms with Crippen molar-refractivity contribution in [2.24, 2.45) is 17.6 Å². The lowest BCUT2D eigenvalue weighted by atomic mass is 9.51. The maximum absolute atomic E-state index is 16.6. The Morgan fingerprint density at radius 1 is 1.21 bits per heavy atom. The third-order valence-corrected chi connectivity index (χ3v) is 6.87. The number of phenolic OH excluding ortho intramolecular Hbond substituents is 1. The second-order valence-electron chi connectivity index (χ2n) is 8.72. The number of ketones is 3. The number of halogens is 1. The number of hydrogen-bond donors (Lipinski definition) is 5. The number of aliphatic hydroxyl groups excluding tert-OH is 2. The Morgan fingerprint density at radius 2 is 1.82 bits per heavy atom. The van der Waals surface area contributed by atoms with Gasteiger partial charge in [0, 0.05) is 0 Å². The van der Waals surface area contributed by atoms with E-state index in [0.29, 0.717) is 0 Å². The van der Waals surface area contributed by atoms with E-state index in [2.05, 4.69) is 6.58 Å². The van der Waals surface area contributed by atoms with Crippen molar-refractivity contribution in [1.82, 2.24) is 4.90 Å². The van der Waals surface area contributed by atoms with E-state index in [1.165, 1.54) is 31.1 Å². The Morgan fingerprint density at radius 3 is 2.36 bits per heavy atom. The lowest BCUT2D eigenvalue weighted by Crippen LogP contribution is -2.77. The zero-order valence-corrected chi connectivity index (χ0v) is 17.6. The predicted molar refractivity (Wildman–Crippen MR) is 110 cm³/mol. The molecule has 0 heterocycles. The summed E-state index contributed by atoms with van der Waals surface area (Å²) < 4.78 is 16.6. The highest BCUT2D eigenvalue weighted by atomic mass is 19.1. The van der Waals surface area contributed by atoms with Gasteiger partial charge in [-0.3, -0.25) is 24.1 Å². The van der Waals surface area contributed by atoms with Gasteiger partial charge in [-0.05, 0) is 31.3 Å². The molecule has 1 fully saturated rings. The first kappa shape index (κ1) is 22.8. The fourth-order valence-electron chi connectivity index (χ4n) is 5.44. The molecule has 2 unspecified atom stereocenters. The van der Waals surface area contributed by atoms with Crippen LogP contribution in [-0.4, -0.2) is 86.1 Å². The zero-order valence-electron chi connectivity index (χ0n) is 17.6. The van der Waals surface area contributed by atoms with Gasteiger partial charge in [-0.25, -0.2) is 4.39 Å². The molecule has 0 aromatic heterocycles. The number of nitrogens with two attached hydrogens (primary N) is 1. The van der Waals surface area contributed by atoms with E-state index in [9.17, 15) is 39.6 Å². The summed E-state index contributed by atoms with van der Waals surface area (Å²) in [6.07, 6.45) is -2.10. The topological polar surface area (TPSA) is 178 Å². The molecule has 11 heteroatoms. The van der Waals surface area contributed by atoms with Gasteiger partial charge in [-0.2, -0.15) is 0 Å². The second kappa shape index (κ2) is 6.80. The number of nitrogens with zero attached hydrogens (tertiary/aromatic N) is 1. The number of primary amides is 1. The average Bonchev–Trinajstić information content (AvgIpc) is 2.72. The van der Waals surface area contributed by atoms with Crippen LogP contribution < -0.4 is 5.73 Å². The van der Waals surface area contributed by atoms with Gasteiger partial charge in [-0.1, -0.05) is 18.7 Å². The first-order valence-corrected chi connectivity index (χ1v) is 9.88. The lowest BCUT2D eigenvalue weighted by molar-refractivity contribution is -0.189. The number of phenols is 1. The van der Waals surface area contributed by atoms with Crippen LogP contribution in [0, 0.1) is 11.8 Å². The minimum absolute atomic E-state index is 0.0170.